The highest BCUT2D eigenvalue weighted by Gasteiger charge is 2.27. The van der Waals surface area contributed by atoms with Crippen molar-refractivity contribution >= 4 is 5.97 Å². The van der Waals surface area contributed by atoms with Gasteiger partial charge in [0, 0.05) is 18.8 Å². The number of hydrogen-bond donors (Lipinski definition) is 1. The van der Waals surface area contributed by atoms with Crippen LogP contribution < -0.4 is 10.1 Å². The summed E-state index contributed by atoms with van der Waals surface area (Å²) in [6.45, 7) is 3.26. The maximum atomic E-state index is 11.4. The SMILES string of the molecule is C[C@@H]1CC[C@@H](Oc2nccc3c2COC3=O)CN1. The molecule has 96 valence electrons. The molecule has 18 heavy (non-hydrogen) atoms. The third-order valence-electron chi connectivity index (χ3n) is 3.48. The van der Waals surface area contributed by atoms with Gasteiger partial charge in [0.25, 0.3) is 0 Å². The lowest BCUT2D eigenvalue weighted by Gasteiger charge is -2.28. The Morgan fingerprint density at radius 3 is 3.17 bits per heavy atom. The maximum absolute atomic E-state index is 11.4. The summed E-state index contributed by atoms with van der Waals surface area (Å²) in [4.78, 5) is 15.7. The van der Waals surface area contributed by atoms with E-state index in [0.717, 1.165) is 24.9 Å². The zero-order valence-corrected chi connectivity index (χ0v) is 10.3. The molecule has 1 aromatic heterocycles. The summed E-state index contributed by atoms with van der Waals surface area (Å²) in [6, 6.07) is 2.22. The lowest BCUT2D eigenvalue weighted by atomic mass is 10.0. The lowest BCUT2D eigenvalue weighted by Crippen LogP contribution is -2.42. The number of pyridine rings is 1. The van der Waals surface area contributed by atoms with Gasteiger partial charge >= 0.3 is 5.97 Å². The van der Waals surface area contributed by atoms with E-state index < -0.39 is 0 Å². The van der Waals surface area contributed by atoms with Crippen molar-refractivity contribution < 1.29 is 14.3 Å². The molecule has 5 nitrogen and oxygen atoms in total. The molecule has 2 atom stereocenters. The number of esters is 1. The van der Waals surface area contributed by atoms with Crippen LogP contribution in [0.3, 0.4) is 0 Å². The molecule has 2 aliphatic heterocycles. The number of cyclic esters (lactones) is 1. The molecule has 2 aliphatic rings. The van der Waals surface area contributed by atoms with E-state index in [4.69, 9.17) is 9.47 Å². The predicted octanol–water partition coefficient (Wildman–Crippen LogP) is 1.27. The summed E-state index contributed by atoms with van der Waals surface area (Å²) >= 11 is 0. The van der Waals surface area contributed by atoms with Gasteiger partial charge in [0.1, 0.15) is 12.7 Å². The minimum absolute atomic E-state index is 0.121. The summed E-state index contributed by atoms with van der Waals surface area (Å²) in [7, 11) is 0. The summed E-state index contributed by atoms with van der Waals surface area (Å²) in [6.07, 6.45) is 3.82. The third kappa shape index (κ3) is 2.06. The minimum atomic E-state index is -0.285. The first-order valence-corrected chi connectivity index (χ1v) is 6.29. The molecule has 5 heteroatoms. The van der Waals surface area contributed by atoms with Crippen LogP contribution in [0.4, 0.5) is 0 Å². The monoisotopic (exact) mass is 248 g/mol. The number of carbonyl (C=O) groups is 1. The van der Waals surface area contributed by atoms with Crippen LogP contribution in [0, 0.1) is 0 Å². The van der Waals surface area contributed by atoms with E-state index in [1.807, 2.05) is 0 Å². The normalized spacial score (nSPS) is 26.6. The number of ether oxygens (including phenoxy) is 2. The molecule has 1 aromatic rings. The van der Waals surface area contributed by atoms with Crippen LogP contribution in [0.15, 0.2) is 12.3 Å². The van der Waals surface area contributed by atoms with Crippen molar-refractivity contribution in [3.63, 3.8) is 0 Å². The highest BCUT2D eigenvalue weighted by molar-refractivity contribution is 5.93. The second-order valence-electron chi connectivity index (χ2n) is 4.84. The number of fused-ring (bicyclic) bond motifs is 1. The van der Waals surface area contributed by atoms with E-state index in [1.54, 1.807) is 12.3 Å². The molecule has 0 amide bonds. The van der Waals surface area contributed by atoms with Crippen molar-refractivity contribution in [2.75, 3.05) is 6.54 Å². The molecular weight excluding hydrogens is 232 g/mol. The first-order valence-electron chi connectivity index (χ1n) is 6.29. The van der Waals surface area contributed by atoms with Gasteiger partial charge in [-0.25, -0.2) is 9.78 Å². The van der Waals surface area contributed by atoms with E-state index in [1.165, 1.54) is 0 Å². The smallest absolute Gasteiger partial charge is 0.339 e. The van der Waals surface area contributed by atoms with Crippen molar-refractivity contribution in [1.82, 2.24) is 10.3 Å². The fraction of sp³-hybridized carbons (Fsp3) is 0.538. The van der Waals surface area contributed by atoms with Crippen molar-refractivity contribution in [2.45, 2.75) is 38.5 Å². The second kappa shape index (κ2) is 4.57. The Hall–Kier alpha value is -1.62. The molecule has 1 N–H and O–H groups in total. The van der Waals surface area contributed by atoms with Crippen LogP contribution in [0.5, 0.6) is 5.88 Å². The molecule has 0 radical (unpaired) electrons. The lowest BCUT2D eigenvalue weighted by molar-refractivity contribution is 0.0532. The molecule has 0 spiro atoms. The highest BCUT2D eigenvalue weighted by atomic mass is 16.5. The zero-order valence-electron chi connectivity index (χ0n) is 10.3. The number of nitrogens with zero attached hydrogens (tertiary/aromatic N) is 1. The Kier molecular flexibility index (Phi) is 2.91. The molecule has 0 unspecified atom stereocenters. The van der Waals surface area contributed by atoms with E-state index in [0.29, 0.717) is 17.5 Å². The molecule has 0 aliphatic carbocycles. The molecule has 3 rings (SSSR count). The van der Waals surface area contributed by atoms with Crippen LogP contribution in [-0.4, -0.2) is 29.6 Å². The van der Waals surface area contributed by atoms with Gasteiger partial charge in [-0.15, -0.1) is 0 Å². The fourth-order valence-corrected chi connectivity index (χ4v) is 2.35. The van der Waals surface area contributed by atoms with Gasteiger partial charge in [0.05, 0.1) is 11.1 Å². The Morgan fingerprint density at radius 2 is 2.39 bits per heavy atom. The topological polar surface area (TPSA) is 60.5 Å². The van der Waals surface area contributed by atoms with Gasteiger partial charge in [-0.05, 0) is 25.8 Å². The number of nitrogens with one attached hydrogen (secondary N) is 1. The van der Waals surface area contributed by atoms with E-state index >= 15 is 0 Å². The van der Waals surface area contributed by atoms with Crippen LogP contribution in [-0.2, 0) is 11.3 Å². The molecule has 0 aromatic carbocycles. The van der Waals surface area contributed by atoms with Crippen LogP contribution in [0.25, 0.3) is 0 Å². The quantitative estimate of drug-likeness (QED) is 0.799. The molecule has 0 saturated carbocycles. The Morgan fingerprint density at radius 1 is 1.50 bits per heavy atom. The first-order chi connectivity index (χ1) is 8.74. The van der Waals surface area contributed by atoms with Crippen LogP contribution in [0.1, 0.15) is 35.7 Å². The molecule has 0 bridgehead atoms. The number of carbonyl (C=O) groups excluding carboxylic acids is 1. The summed E-state index contributed by atoms with van der Waals surface area (Å²) in [5.74, 6) is 0.257. The maximum Gasteiger partial charge on any atom is 0.339 e. The molecule has 1 saturated heterocycles. The van der Waals surface area contributed by atoms with E-state index in [-0.39, 0.29) is 18.7 Å². The van der Waals surface area contributed by atoms with E-state index in [9.17, 15) is 4.79 Å². The average Bonchev–Trinajstić information content (AvgIpc) is 2.76. The number of aromatic nitrogens is 1. The third-order valence-corrected chi connectivity index (χ3v) is 3.48. The van der Waals surface area contributed by atoms with Crippen LogP contribution in [0.2, 0.25) is 0 Å². The summed E-state index contributed by atoms with van der Waals surface area (Å²) in [5, 5.41) is 3.38. The van der Waals surface area contributed by atoms with Gasteiger partial charge in [-0.1, -0.05) is 0 Å². The average molecular weight is 248 g/mol. The van der Waals surface area contributed by atoms with Crippen LogP contribution >= 0.6 is 0 Å². The van der Waals surface area contributed by atoms with Gasteiger partial charge < -0.3 is 14.8 Å². The van der Waals surface area contributed by atoms with E-state index in [2.05, 4.69) is 17.2 Å². The van der Waals surface area contributed by atoms with Crippen molar-refractivity contribution in [1.29, 1.82) is 0 Å². The number of hydrogen-bond acceptors (Lipinski definition) is 5. The Labute approximate surface area is 105 Å². The van der Waals surface area contributed by atoms with Gasteiger partial charge in [0.15, 0.2) is 0 Å². The van der Waals surface area contributed by atoms with Crippen molar-refractivity contribution in [3.8, 4) is 5.88 Å². The summed E-state index contributed by atoms with van der Waals surface area (Å²) < 4.78 is 10.9. The molecule has 1 fully saturated rings. The zero-order chi connectivity index (χ0) is 12.5. The van der Waals surface area contributed by atoms with Crippen molar-refractivity contribution in [2.24, 2.45) is 0 Å². The largest absolute Gasteiger partial charge is 0.473 e. The Bertz CT molecular complexity index is 467. The molecular formula is C13H16N2O3. The Balaban J connectivity index is 1.76. The minimum Gasteiger partial charge on any atom is -0.473 e. The first kappa shape index (κ1) is 11.5. The van der Waals surface area contributed by atoms with Gasteiger partial charge in [-0.2, -0.15) is 0 Å². The fourth-order valence-electron chi connectivity index (χ4n) is 2.35. The van der Waals surface area contributed by atoms with Gasteiger partial charge in [-0.3, -0.25) is 0 Å². The van der Waals surface area contributed by atoms with Crippen molar-refractivity contribution in [3.05, 3.63) is 23.4 Å². The predicted molar refractivity (Wildman–Crippen MR) is 64.5 cm³/mol. The summed E-state index contributed by atoms with van der Waals surface area (Å²) in [5.41, 5.74) is 1.36. The second-order valence-corrected chi connectivity index (χ2v) is 4.84. The van der Waals surface area contributed by atoms with Gasteiger partial charge in [0.2, 0.25) is 5.88 Å². The standard InChI is InChI=1S/C13H16N2O3/c1-8-2-3-9(6-15-8)18-12-11-7-17-13(16)10(11)4-5-14-12/h4-5,8-9,15H,2-3,6-7H2,1H3/t8-,9-/m1/s1. The number of rotatable bonds is 2. The molecule has 3 heterocycles. The highest BCUT2D eigenvalue weighted by Crippen LogP contribution is 2.28. The number of piperidine rings is 1.